The van der Waals surface area contributed by atoms with Crippen molar-refractivity contribution in [2.45, 2.75) is 48.7 Å². The van der Waals surface area contributed by atoms with Crippen molar-refractivity contribution in [3.8, 4) is 17.2 Å². The van der Waals surface area contributed by atoms with E-state index in [-0.39, 0.29) is 23.9 Å². The number of aliphatic hydroxyl groups is 6. The molecule has 0 radical (unpaired) electrons. The van der Waals surface area contributed by atoms with Crippen molar-refractivity contribution in [3.63, 3.8) is 0 Å². The number of phenols is 2. The summed E-state index contributed by atoms with van der Waals surface area (Å²) in [6.07, 6.45) is -10.6. The second-order valence-electron chi connectivity index (χ2n) is 9.33. The summed E-state index contributed by atoms with van der Waals surface area (Å²) < 4.78 is 21.9. The average molecular weight is 520 g/mol. The smallest absolute Gasteiger partial charge is 0.229 e. The molecule has 2 aliphatic rings. The highest BCUT2D eigenvalue weighted by atomic mass is 16.7. The molecule has 12 heteroatoms. The summed E-state index contributed by atoms with van der Waals surface area (Å²) in [6.45, 7) is -1.57. The molecule has 8 N–H and O–H groups in total. The Bertz CT molecular complexity index is 1280. The van der Waals surface area contributed by atoms with Crippen LogP contribution in [0.3, 0.4) is 0 Å². The third-order valence-corrected chi connectivity index (χ3v) is 6.81. The minimum absolute atomic E-state index is 0.00755. The lowest BCUT2D eigenvalue weighted by atomic mass is 9.98. The van der Waals surface area contributed by atoms with Gasteiger partial charge in [-0.25, -0.2) is 0 Å². The maximum absolute atomic E-state index is 10.7. The predicted octanol–water partition coefficient (Wildman–Crippen LogP) is -0.952. The van der Waals surface area contributed by atoms with E-state index in [1.54, 1.807) is 30.3 Å². The number of aliphatic hydroxyl groups excluding tert-OH is 5. The third-order valence-electron chi connectivity index (χ3n) is 6.81. The zero-order valence-corrected chi connectivity index (χ0v) is 19.4. The van der Waals surface area contributed by atoms with Gasteiger partial charge in [-0.3, -0.25) is 0 Å². The summed E-state index contributed by atoms with van der Waals surface area (Å²) in [5.41, 5.74) is -1.90. The van der Waals surface area contributed by atoms with Crippen LogP contribution in [-0.2, 0) is 14.2 Å². The van der Waals surface area contributed by atoms with Crippen LogP contribution in [0, 0.1) is 0 Å². The third kappa shape index (κ3) is 4.56. The van der Waals surface area contributed by atoms with Gasteiger partial charge in [0.2, 0.25) is 6.29 Å². The van der Waals surface area contributed by atoms with Gasteiger partial charge in [-0.2, -0.15) is 0 Å². The Kier molecular flexibility index (Phi) is 6.87. The zero-order chi connectivity index (χ0) is 26.5. The van der Waals surface area contributed by atoms with E-state index in [2.05, 4.69) is 0 Å². The summed E-state index contributed by atoms with van der Waals surface area (Å²) in [5, 5.41) is 83.8. The van der Waals surface area contributed by atoms with E-state index in [1.165, 1.54) is 12.1 Å². The van der Waals surface area contributed by atoms with Gasteiger partial charge < -0.3 is 59.8 Å². The van der Waals surface area contributed by atoms with Gasteiger partial charge in [-0.1, -0.05) is 24.3 Å². The molecule has 0 saturated carbocycles. The molecule has 37 heavy (non-hydrogen) atoms. The fourth-order valence-corrected chi connectivity index (χ4v) is 4.65. The van der Waals surface area contributed by atoms with Crippen LogP contribution in [0.5, 0.6) is 17.2 Å². The molecule has 0 bridgehead atoms. The Morgan fingerprint density at radius 2 is 1.59 bits per heavy atom. The number of aromatic hydroxyl groups is 2. The highest BCUT2D eigenvalue weighted by Gasteiger charge is 2.50. The molecule has 5 rings (SSSR count). The van der Waals surface area contributed by atoms with E-state index < -0.39 is 61.9 Å². The molecule has 0 unspecified atom stereocenters. The fourth-order valence-electron chi connectivity index (χ4n) is 4.65. The normalized spacial score (nSPS) is 34.3. The molecule has 8 atom stereocenters. The van der Waals surface area contributed by atoms with Crippen LogP contribution in [0.15, 0.2) is 42.5 Å². The van der Waals surface area contributed by atoms with Crippen molar-refractivity contribution in [2.24, 2.45) is 0 Å². The molecule has 0 spiro atoms. The number of ether oxygens (including phenoxy) is 4. The van der Waals surface area contributed by atoms with E-state index in [0.29, 0.717) is 16.2 Å². The second-order valence-corrected chi connectivity index (χ2v) is 9.33. The first-order chi connectivity index (χ1) is 17.6. The standard InChI is InChI=1S/C25H28O12/c26-9-25(33)10-35-24(22(25)32)34-8-16-19(29)20(30)21(31)23(37-16)36-13-6-12-5-4-11-2-1-3-14(27)17(11)18(12)15(28)7-13/h1-7,16,19-24,26-33H,8-10H2/t16-,19-,20+,21-,22+,23-,24+,25-/m1/s1. The maximum atomic E-state index is 10.7. The van der Waals surface area contributed by atoms with Gasteiger partial charge >= 0.3 is 0 Å². The van der Waals surface area contributed by atoms with E-state index >= 15 is 0 Å². The molecular weight excluding hydrogens is 492 g/mol. The molecule has 2 aliphatic heterocycles. The highest BCUT2D eigenvalue weighted by Crippen LogP contribution is 2.40. The van der Waals surface area contributed by atoms with Gasteiger partial charge in [0, 0.05) is 16.8 Å². The van der Waals surface area contributed by atoms with Crippen molar-refractivity contribution < 1.29 is 59.8 Å². The molecular formula is C25H28O12. The highest BCUT2D eigenvalue weighted by molar-refractivity contribution is 6.13. The van der Waals surface area contributed by atoms with E-state index in [4.69, 9.17) is 18.9 Å². The second kappa shape index (κ2) is 9.83. The monoisotopic (exact) mass is 520 g/mol. The quantitative estimate of drug-likeness (QED) is 0.186. The number of hydrogen-bond acceptors (Lipinski definition) is 12. The summed E-state index contributed by atoms with van der Waals surface area (Å²) in [5.74, 6) is -0.129. The number of benzene rings is 3. The van der Waals surface area contributed by atoms with Crippen LogP contribution in [0.1, 0.15) is 0 Å². The van der Waals surface area contributed by atoms with E-state index in [0.717, 1.165) is 5.39 Å². The Morgan fingerprint density at radius 1 is 0.865 bits per heavy atom. The van der Waals surface area contributed by atoms with Crippen molar-refractivity contribution in [3.05, 3.63) is 42.5 Å². The lowest BCUT2D eigenvalue weighted by Crippen LogP contribution is -2.60. The minimum Gasteiger partial charge on any atom is -0.507 e. The van der Waals surface area contributed by atoms with Crippen molar-refractivity contribution in [1.82, 2.24) is 0 Å². The Balaban J connectivity index is 1.34. The van der Waals surface area contributed by atoms with Crippen LogP contribution in [0.2, 0.25) is 0 Å². The molecule has 2 saturated heterocycles. The van der Waals surface area contributed by atoms with Gasteiger partial charge in [0.15, 0.2) is 6.29 Å². The number of fused-ring (bicyclic) bond motifs is 3. The summed E-state index contributed by atoms with van der Waals surface area (Å²) in [4.78, 5) is 0. The molecule has 2 fully saturated rings. The molecule has 0 aromatic heterocycles. The Labute approximate surface area is 210 Å². The van der Waals surface area contributed by atoms with Gasteiger partial charge in [0.1, 0.15) is 53.4 Å². The number of phenolic OH excluding ortho intramolecular Hbond substituents is 2. The number of hydrogen-bond donors (Lipinski definition) is 8. The van der Waals surface area contributed by atoms with Gasteiger partial charge in [0.25, 0.3) is 0 Å². The molecule has 200 valence electrons. The zero-order valence-electron chi connectivity index (χ0n) is 19.4. The lowest BCUT2D eigenvalue weighted by Gasteiger charge is -2.40. The first-order valence-corrected chi connectivity index (χ1v) is 11.6. The average Bonchev–Trinajstić information content (AvgIpc) is 3.17. The topological polar surface area (TPSA) is 199 Å². The van der Waals surface area contributed by atoms with Crippen LogP contribution < -0.4 is 4.74 Å². The summed E-state index contributed by atoms with van der Waals surface area (Å²) >= 11 is 0. The van der Waals surface area contributed by atoms with Crippen molar-refractivity contribution in [1.29, 1.82) is 0 Å². The van der Waals surface area contributed by atoms with Crippen LogP contribution in [0.4, 0.5) is 0 Å². The van der Waals surface area contributed by atoms with Crippen LogP contribution in [0.25, 0.3) is 21.5 Å². The summed E-state index contributed by atoms with van der Waals surface area (Å²) in [7, 11) is 0. The van der Waals surface area contributed by atoms with Crippen molar-refractivity contribution in [2.75, 3.05) is 19.8 Å². The SMILES string of the molecule is OC[C@@]1(O)CO[C@H](OC[C@H]2O[C@@H](Oc3cc(O)c4c(ccc5cccc(O)c54)c3)[C@H](O)[C@@H](O)[C@@H]2O)[C@@H]1O. The summed E-state index contributed by atoms with van der Waals surface area (Å²) in [6, 6.07) is 11.3. The minimum atomic E-state index is -1.90. The largest absolute Gasteiger partial charge is 0.507 e. The maximum Gasteiger partial charge on any atom is 0.229 e. The van der Waals surface area contributed by atoms with Crippen molar-refractivity contribution >= 4 is 21.5 Å². The van der Waals surface area contributed by atoms with E-state index in [9.17, 15) is 40.9 Å². The molecule has 12 nitrogen and oxygen atoms in total. The van der Waals surface area contributed by atoms with Crippen LogP contribution >= 0.6 is 0 Å². The predicted molar refractivity (Wildman–Crippen MR) is 126 cm³/mol. The van der Waals surface area contributed by atoms with Crippen LogP contribution in [-0.4, -0.2) is 109 Å². The Hall–Kier alpha value is -2.78. The molecule has 0 amide bonds. The van der Waals surface area contributed by atoms with Gasteiger partial charge in [-0.15, -0.1) is 0 Å². The van der Waals surface area contributed by atoms with Gasteiger partial charge in [0.05, 0.1) is 19.8 Å². The molecule has 0 aliphatic carbocycles. The lowest BCUT2D eigenvalue weighted by molar-refractivity contribution is -0.289. The Morgan fingerprint density at radius 3 is 2.32 bits per heavy atom. The first-order valence-electron chi connectivity index (χ1n) is 11.6. The first kappa shape index (κ1) is 25.9. The molecule has 3 aromatic carbocycles. The number of rotatable bonds is 6. The molecule has 3 aromatic rings. The molecule has 2 heterocycles. The van der Waals surface area contributed by atoms with E-state index in [1.807, 2.05) is 0 Å². The van der Waals surface area contributed by atoms with Gasteiger partial charge in [-0.05, 0) is 22.9 Å². The fraction of sp³-hybridized carbons (Fsp3) is 0.440.